The Hall–Kier alpha value is -1.63. The number of amides is 2. The van der Waals surface area contributed by atoms with E-state index in [1.807, 2.05) is 20.8 Å². The fourth-order valence-electron chi connectivity index (χ4n) is 1.36. The van der Waals surface area contributed by atoms with Crippen molar-refractivity contribution in [2.75, 3.05) is 6.54 Å². The standard InChI is InChI=1S/C12H23N3O4/c1-12(2,3)14-7-6-10(17)15-8(11(18)19)4-5-9(13)16/h8,14H,4-7H2,1-3H3,(H2,13,16)(H,15,17)(H,18,19). The van der Waals surface area contributed by atoms with Crippen LogP contribution in [-0.4, -0.2) is 41.0 Å². The van der Waals surface area contributed by atoms with Crippen molar-refractivity contribution in [3.05, 3.63) is 0 Å². The van der Waals surface area contributed by atoms with Gasteiger partial charge in [0.1, 0.15) is 6.04 Å². The first-order chi connectivity index (χ1) is 8.61. The van der Waals surface area contributed by atoms with E-state index in [9.17, 15) is 14.4 Å². The summed E-state index contributed by atoms with van der Waals surface area (Å²) in [5.41, 5.74) is 4.85. The van der Waals surface area contributed by atoms with Crippen LogP contribution in [0.5, 0.6) is 0 Å². The molecule has 0 aromatic rings. The van der Waals surface area contributed by atoms with Crippen molar-refractivity contribution < 1.29 is 19.5 Å². The fraction of sp³-hybridized carbons (Fsp3) is 0.750. The third-order valence-corrected chi connectivity index (χ3v) is 2.32. The molecule has 0 aliphatic heterocycles. The molecule has 7 heteroatoms. The number of carbonyl (C=O) groups excluding carboxylic acids is 2. The van der Waals surface area contributed by atoms with Crippen LogP contribution in [0.25, 0.3) is 0 Å². The molecule has 5 N–H and O–H groups in total. The van der Waals surface area contributed by atoms with Crippen molar-refractivity contribution in [3.63, 3.8) is 0 Å². The van der Waals surface area contributed by atoms with Gasteiger partial charge in [0.05, 0.1) is 0 Å². The van der Waals surface area contributed by atoms with Gasteiger partial charge in [-0.05, 0) is 27.2 Å². The van der Waals surface area contributed by atoms with Gasteiger partial charge >= 0.3 is 5.97 Å². The lowest BCUT2D eigenvalue weighted by Gasteiger charge is -2.20. The largest absolute Gasteiger partial charge is 0.480 e. The van der Waals surface area contributed by atoms with Gasteiger partial charge in [-0.2, -0.15) is 0 Å². The predicted molar refractivity (Wildman–Crippen MR) is 70.4 cm³/mol. The van der Waals surface area contributed by atoms with Crippen molar-refractivity contribution in [2.24, 2.45) is 5.73 Å². The number of carbonyl (C=O) groups is 3. The van der Waals surface area contributed by atoms with Crippen molar-refractivity contribution >= 4 is 17.8 Å². The van der Waals surface area contributed by atoms with E-state index in [4.69, 9.17) is 10.8 Å². The molecular weight excluding hydrogens is 250 g/mol. The van der Waals surface area contributed by atoms with Gasteiger partial charge < -0.3 is 21.5 Å². The number of aliphatic carboxylic acids is 1. The smallest absolute Gasteiger partial charge is 0.326 e. The third kappa shape index (κ3) is 10.0. The normalized spacial score (nSPS) is 12.8. The second-order valence-corrected chi connectivity index (χ2v) is 5.39. The molecule has 0 heterocycles. The second kappa shape index (κ2) is 7.73. The van der Waals surface area contributed by atoms with Crippen LogP contribution in [0.4, 0.5) is 0 Å². The number of hydrogen-bond donors (Lipinski definition) is 4. The minimum atomic E-state index is -1.17. The van der Waals surface area contributed by atoms with Gasteiger partial charge in [-0.15, -0.1) is 0 Å². The van der Waals surface area contributed by atoms with E-state index in [0.717, 1.165) is 0 Å². The van der Waals surface area contributed by atoms with E-state index in [-0.39, 0.29) is 30.7 Å². The summed E-state index contributed by atoms with van der Waals surface area (Å²) < 4.78 is 0. The summed E-state index contributed by atoms with van der Waals surface area (Å²) in [7, 11) is 0. The molecule has 0 saturated carbocycles. The minimum Gasteiger partial charge on any atom is -0.480 e. The van der Waals surface area contributed by atoms with E-state index >= 15 is 0 Å². The third-order valence-electron chi connectivity index (χ3n) is 2.32. The predicted octanol–water partition coefficient (Wildman–Crippen LogP) is -0.400. The first-order valence-corrected chi connectivity index (χ1v) is 6.17. The van der Waals surface area contributed by atoms with E-state index in [2.05, 4.69) is 10.6 Å². The summed E-state index contributed by atoms with van der Waals surface area (Å²) in [4.78, 5) is 33.1. The summed E-state index contributed by atoms with van der Waals surface area (Å²) in [6.07, 6.45) is 0.109. The molecule has 0 saturated heterocycles. The van der Waals surface area contributed by atoms with Crippen molar-refractivity contribution in [1.82, 2.24) is 10.6 Å². The Labute approximate surface area is 112 Å². The number of carboxylic acids is 1. The van der Waals surface area contributed by atoms with E-state index in [0.29, 0.717) is 6.54 Å². The Morgan fingerprint density at radius 2 is 1.79 bits per heavy atom. The summed E-state index contributed by atoms with van der Waals surface area (Å²) in [5, 5.41) is 14.4. The Bertz CT molecular complexity index is 336. The summed E-state index contributed by atoms with van der Waals surface area (Å²) in [6, 6.07) is -1.07. The van der Waals surface area contributed by atoms with Crippen LogP contribution in [-0.2, 0) is 14.4 Å². The van der Waals surface area contributed by atoms with Crippen LogP contribution in [0.3, 0.4) is 0 Å². The zero-order valence-electron chi connectivity index (χ0n) is 11.7. The average molecular weight is 273 g/mol. The van der Waals surface area contributed by atoms with Crippen LogP contribution in [0.15, 0.2) is 0 Å². The molecule has 1 unspecified atom stereocenters. The molecule has 0 fully saturated rings. The molecule has 0 aliphatic carbocycles. The number of nitrogens with one attached hydrogen (secondary N) is 2. The van der Waals surface area contributed by atoms with Gasteiger partial charge in [0.15, 0.2) is 0 Å². The van der Waals surface area contributed by atoms with Crippen LogP contribution in [0, 0.1) is 0 Å². The van der Waals surface area contributed by atoms with E-state index < -0.39 is 17.9 Å². The maximum absolute atomic E-state index is 11.6. The van der Waals surface area contributed by atoms with Crippen LogP contribution >= 0.6 is 0 Å². The SMILES string of the molecule is CC(C)(C)NCCC(=O)NC(CCC(N)=O)C(=O)O. The molecule has 0 bridgehead atoms. The average Bonchev–Trinajstić information content (AvgIpc) is 2.21. The van der Waals surface area contributed by atoms with Gasteiger partial charge in [-0.25, -0.2) is 4.79 Å². The number of rotatable bonds is 8. The Kier molecular flexibility index (Phi) is 7.06. The Balaban J connectivity index is 4.10. The maximum Gasteiger partial charge on any atom is 0.326 e. The summed E-state index contributed by atoms with van der Waals surface area (Å²) in [5.74, 6) is -2.12. The monoisotopic (exact) mass is 273 g/mol. The first-order valence-electron chi connectivity index (χ1n) is 6.17. The zero-order chi connectivity index (χ0) is 15.1. The van der Waals surface area contributed by atoms with Crippen LogP contribution in [0.2, 0.25) is 0 Å². The lowest BCUT2D eigenvalue weighted by molar-refractivity contribution is -0.142. The molecule has 0 rings (SSSR count). The van der Waals surface area contributed by atoms with Gasteiger partial charge in [0.25, 0.3) is 0 Å². The van der Waals surface area contributed by atoms with Crippen molar-refractivity contribution in [2.45, 2.75) is 51.6 Å². The lowest BCUT2D eigenvalue weighted by atomic mass is 10.1. The van der Waals surface area contributed by atoms with Gasteiger partial charge in [0.2, 0.25) is 11.8 Å². The highest BCUT2D eigenvalue weighted by atomic mass is 16.4. The molecule has 0 aliphatic rings. The molecule has 7 nitrogen and oxygen atoms in total. The number of primary amides is 1. The maximum atomic E-state index is 11.6. The molecule has 0 aromatic heterocycles. The van der Waals surface area contributed by atoms with Crippen LogP contribution < -0.4 is 16.4 Å². The minimum absolute atomic E-state index is 0.00308. The van der Waals surface area contributed by atoms with E-state index in [1.165, 1.54) is 0 Å². The van der Waals surface area contributed by atoms with Gasteiger partial charge in [0, 0.05) is 24.9 Å². The highest BCUT2D eigenvalue weighted by Gasteiger charge is 2.20. The number of nitrogens with two attached hydrogens (primary N) is 1. The fourth-order valence-corrected chi connectivity index (χ4v) is 1.36. The molecule has 2 amide bonds. The molecule has 0 spiro atoms. The molecule has 0 aromatic carbocycles. The summed E-state index contributed by atoms with van der Waals surface area (Å²) in [6.45, 7) is 6.37. The quantitative estimate of drug-likeness (QED) is 0.479. The highest BCUT2D eigenvalue weighted by Crippen LogP contribution is 2.00. The zero-order valence-corrected chi connectivity index (χ0v) is 11.7. The van der Waals surface area contributed by atoms with Gasteiger partial charge in [-0.1, -0.05) is 0 Å². The number of hydrogen-bond acceptors (Lipinski definition) is 4. The van der Waals surface area contributed by atoms with E-state index in [1.54, 1.807) is 0 Å². The molecule has 110 valence electrons. The Morgan fingerprint density at radius 1 is 1.21 bits per heavy atom. The molecule has 1 atom stereocenters. The van der Waals surface area contributed by atoms with Crippen LogP contribution in [0.1, 0.15) is 40.0 Å². The van der Waals surface area contributed by atoms with Crippen molar-refractivity contribution in [1.29, 1.82) is 0 Å². The Morgan fingerprint density at radius 3 is 2.21 bits per heavy atom. The van der Waals surface area contributed by atoms with Gasteiger partial charge in [-0.3, -0.25) is 9.59 Å². The lowest BCUT2D eigenvalue weighted by Crippen LogP contribution is -2.43. The first kappa shape index (κ1) is 17.4. The second-order valence-electron chi connectivity index (χ2n) is 5.39. The molecule has 0 radical (unpaired) electrons. The summed E-state index contributed by atoms with van der Waals surface area (Å²) >= 11 is 0. The van der Waals surface area contributed by atoms with Crippen molar-refractivity contribution in [3.8, 4) is 0 Å². The topological polar surface area (TPSA) is 122 Å². The highest BCUT2D eigenvalue weighted by molar-refractivity contribution is 5.84. The molecular formula is C12H23N3O4. The number of carboxylic acid groups (broad SMARTS) is 1. The molecule has 19 heavy (non-hydrogen) atoms.